The Labute approximate surface area is 53.6 Å². The van der Waals surface area contributed by atoms with E-state index < -0.39 is 0 Å². The summed E-state index contributed by atoms with van der Waals surface area (Å²) in [6.45, 7) is 0.702. The van der Waals surface area contributed by atoms with Crippen LogP contribution in [0, 0.1) is 0 Å². The van der Waals surface area contributed by atoms with E-state index in [9.17, 15) is 4.79 Å². The first-order chi connectivity index (χ1) is 4.20. The Morgan fingerprint density at radius 3 is 2.56 bits per heavy atom. The van der Waals surface area contributed by atoms with Gasteiger partial charge in [-0.2, -0.15) is 0 Å². The van der Waals surface area contributed by atoms with Crippen molar-refractivity contribution in [3.05, 3.63) is 0 Å². The second kappa shape index (κ2) is 2.33. The molecule has 0 aromatic rings. The lowest BCUT2D eigenvalue weighted by molar-refractivity contribution is -0.119. The Morgan fingerprint density at radius 1 is 1.67 bits per heavy atom. The van der Waals surface area contributed by atoms with Gasteiger partial charge in [-0.1, -0.05) is 0 Å². The second-order valence-electron chi connectivity index (χ2n) is 2.36. The van der Waals surface area contributed by atoms with Gasteiger partial charge >= 0.3 is 0 Å². The van der Waals surface area contributed by atoms with Crippen LogP contribution < -0.4 is 16.8 Å². The fourth-order valence-corrected chi connectivity index (χ4v) is 0.980. The highest BCUT2D eigenvalue weighted by Crippen LogP contribution is 2.02. The van der Waals surface area contributed by atoms with Gasteiger partial charge < -0.3 is 16.8 Å². The van der Waals surface area contributed by atoms with E-state index in [2.05, 4.69) is 5.32 Å². The van der Waals surface area contributed by atoms with Gasteiger partial charge in [0, 0.05) is 12.6 Å². The second-order valence-corrected chi connectivity index (χ2v) is 2.36. The monoisotopic (exact) mass is 129 g/mol. The van der Waals surface area contributed by atoms with Gasteiger partial charge in [-0.05, 0) is 6.42 Å². The van der Waals surface area contributed by atoms with E-state index in [1.165, 1.54) is 0 Å². The lowest BCUT2D eigenvalue weighted by Crippen LogP contribution is -2.36. The van der Waals surface area contributed by atoms with Crippen LogP contribution in [0.5, 0.6) is 0 Å². The van der Waals surface area contributed by atoms with E-state index in [0.29, 0.717) is 13.0 Å². The molecule has 0 aromatic heterocycles. The van der Waals surface area contributed by atoms with Crippen molar-refractivity contribution in [3.8, 4) is 0 Å². The fraction of sp³-hybridized carbons (Fsp3) is 0.800. The number of carbonyl (C=O) groups excluding carboxylic acids is 1. The van der Waals surface area contributed by atoms with Crippen LogP contribution in [0.2, 0.25) is 0 Å². The number of nitrogens with two attached hydrogens (primary N) is 2. The molecule has 4 heteroatoms. The van der Waals surface area contributed by atoms with Gasteiger partial charge in [0.1, 0.15) is 0 Å². The van der Waals surface area contributed by atoms with Crippen molar-refractivity contribution in [2.24, 2.45) is 11.5 Å². The van der Waals surface area contributed by atoms with Crippen LogP contribution in [0.15, 0.2) is 0 Å². The zero-order valence-corrected chi connectivity index (χ0v) is 5.13. The fourth-order valence-electron chi connectivity index (χ4n) is 0.980. The van der Waals surface area contributed by atoms with E-state index in [0.717, 1.165) is 0 Å². The van der Waals surface area contributed by atoms with Crippen molar-refractivity contribution in [2.75, 3.05) is 6.54 Å². The van der Waals surface area contributed by atoms with Crippen molar-refractivity contribution in [1.82, 2.24) is 5.32 Å². The zero-order chi connectivity index (χ0) is 6.85. The molecule has 0 bridgehead atoms. The van der Waals surface area contributed by atoms with Gasteiger partial charge in [0.15, 0.2) is 0 Å². The standard InChI is InChI=1S/C5H11N3O/c6-3-1-4(5(7)9)8-2-3/h3-4,8H,1-2,6H2,(H2,7,9)/t3-,4-/m1/s1. The van der Waals surface area contributed by atoms with Gasteiger partial charge in [-0.25, -0.2) is 0 Å². The minimum Gasteiger partial charge on any atom is -0.368 e. The lowest BCUT2D eigenvalue weighted by atomic mass is 10.2. The maximum absolute atomic E-state index is 10.5. The first kappa shape index (κ1) is 6.51. The molecule has 0 unspecified atom stereocenters. The van der Waals surface area contributed by atoms with Crippen LogP contribution in [0.25, 0.3) is 0 Å². The summed E-state index contributed by atoms with van der Waals surface area (Å²) in [7, 11) is 0. The summed E-state index contributed by atoms with van der Waals surface area (Å²) in [6.07, 6.45) is 0.676. The summed E-state index contributed by atoms with van der Waals surface area (Å²) in [5, 5.41) is 2.91. The SMILES string of the molecule is NC(=O)[C@H]1C[C@@H](N)CN1. The summed E-state index contributed by atoms with van der Waals surface area (Å²) in [5.41, 5.74) is 10.5. The normalized spacial score (nSPS) is 34.8. The maximum atomic E-state index is 10.5. The molecule has 9 heavy (non-hydrogen) atoms. The minimum absolute atomic E-state index is 0.0995. The molecule has 5 N–H and O–H groups in total. The molecule has 52 valence electrons. The molecule has 1 aliphatic rings. The van der Waals surface area contributed by atoms with E-state index in [1.54, 1.807) is 0 Å². The highest BCUT2D eigenvalue weighted by Gasteiger charge is 2.24. The lowest BCUT2D eigenvalue weighted by Gasteiger charge is -2.01. The Hall–Kier alpha value is -0.610. The molecule has 1 rings (SSSR count). The molecule has 0 spiro atoms. The third-order valence-electron chi connectivity index (χ3n) is 1.51. The quantitative estimate of drug-likeness (QED) is 0.389. The Morgan fingerprint density at radius 2 is 2.33 bits per heavy atom. The number of carbonyl (C=O) groups is 1. The molecule has 1 aliphatic heterocycles. The van der Waals surface area contributed by atoms with Gasteiger partial charge in [0.2, 0.25) is 5.91 Å². The molecular formula is C5H11N3O. The predicted octanol–water partition coefficient (Wildman–Crippen LogP) is -1.84. The van der Waals surface area contributed by atoms with Gasteiger partial charge in [0.05, 0.1) is 6.04 Å². The maximum Gasteiger partial charge on any atom is 0.234 e. The van der Waals surface area contributed by atoms with Crippen LogP contribution in [0.3, 0.4) is 0 Å². The van der Waals surface area contributed by atoms with Crippen LogP contribution in [0.1, 0.15) is 6.42 Å². The number of hydrogen-bond acceptors (Lipinski definition) is 3. The van der Waals surface area contributed by atoms with Crippen molar-refractivity contribution < 1.29 is 4.79 Å². The number of amides is 1. The van der Waals surface area contributed by atoms with Crippen molar-refractivity contribution in [3.63, 3.8) is 0 Å². The summed E-state index contributed by atoms with van der Waals surface area (Å²) < 4.78 is 0. The summed E-state index contributed by atoms with van der Waals surface area (Å²) >= 11 is 0. The average molecular weight is 129 g/mol. The van der Waals surface area contributed by atoms with Crippen molar-refractivity contribution >= 4 is 5.91 Å². The molecule has 0 aromatic carbocycles. The van der Waals surface area contributed by atoms with Crippen LogP contribution in [-0.2, 0) is 4.79 Å². The molecule has 1 fully saturated rings. The zero-order valence-electron chi connectivity index (χ0n) is 5.13. The molecule has 1 amide bonds. The van der Waals surface area contributed by atoms with Gasteiger partial charge in [-0.15, -0.1) is 0 Å². The Bertz CT molecular complexity index is 125. The van der Waals surface area contributed by atoms with Crippen molar-refractivity contribution in [1.29, 1.82) is 0 Å². The van der Waals surface area contributed by atoms with Gasteiger partial charge in [0.25, 0.3) is 0 Å². The molecule has 4 nitrogen and oxygen atoms in total. The molecule has 0 aliphatic carbocycles. The Balaban J connectivity index is 2.39. The summed E-state index contributed by atoms with van der Waals surface area (Å²) in [5.74, 6) is -0.303. The van der Waals surface area contributed by atoms with E-state index >= 15 is 0 Å². The summed E-state index contributed by atoms with van der Waals surface area (Å²) in [6, 6.07) is -0.0949. The molecule has 1 saturated heterocycles. The highest BCUT2D eigenvalue weighted by atomic mass is 16.1. The van der Waals surface area contributed by atoms with Gasteiger partial charge in [-0.3, -0.25) is 4.79 Å². The van der Waals surface area contributed by atoms with Crippen LogP contribution in [-0.4, -0.2) is 24.5 Å². The number of hydrogen-bond donors (Lipinski definition) is 3. The number of primary amides is 1. The molecule has 0 radical (unpaired) electrons. The van der Waals surface area contributed by atoms with E-state index in [1.807, 2.05) is 0 Å². The van der Waals surface area contributed by atoms with Crippen molar-refractivity contribution in [2.45, 2.75) is 18.5 Å². The number of rotatable bonds is 1. The first-order valence-electron chi connectivity index (χ1n) is 2.98. The largest absolute Gasteiger partial charge is 0.368 e. The smallest absolute Gasteiger partial charge is 0.234 e. The average Bonchev–Trinajstić information content (AvgIpc) is 2.14. The molecule has 0 saturated carbocycles. The van der Waals surface area contributed by atoms with E-state index in [4.69, 9.17) is 11.5 Å². The van der Waals surface area contributed by atoms with Crippen LogP contribution >= 0.6 is 0 Å². The highest BCUT2D eigenvalue weighted by molar-refractivity contribution is 5.80. The minimum atomic E-state index is -0.303. The Kier molecular flexibility index (Phi) is 1.68. The molecule has 1 heterocycles. The summed E-state index contributed by atoms with van der Waals surface area (Å²) in [4.78, 5) is 10.5. The van der Waals surface area contributed by atoms with Crippen LogP contribution in [0.4, 0.5) is 0 Å². The van der Waals surface area contributed by atoms with E-state index in [-0.39, 0.29) is 18.0 Å². The number of nitrogens with one attached hydrogen (secondary N) is 1. The predicted molar refractivity (Wildman–Crippen MR) is 33.6 cm³/mol. The third-order valence-corrected chi connectivity index (χ3v) is 1.51. The first-order valence-corrected chi connectivity index (χ1v) is 2.98. The topological polar surface area (TPSA) is 81.1 Å². The molecule has 2 atom stereocenters. The molecular weight excluding hydrogens is 118 g/mol. The third kappa shape index (κ3) is 1.40.